The Morgan fingerprint density at radius 1 is 1.19 bits per heavy atom. The van der Waals surface area contributed by atoms with Crippen LogP contribution in [0, 0.1) is 6.92 Å². The third-order valence-corrected chi connectivity index (χ3v) is 2.31. The third kappa shape index (κ3) is 1.95. The monoisotopic (exact) mass is 215 g/mol. The summed E-state index contributed by atoms with van der Waals surface area (Å²) in [5, 5.41) is 0. The molecular formula is C12H13N3O. The maximum atomic E-state index is 5.70. The first-order chi connectivity index (χ1) is 7.70. The Balaban J connectivity index is 2.55. The van der Waals surface area contributed by atoms with Gasteiger partial charge in [0.1, 0.15) is 12.1 Å². The van der Waals surface area contributed by atoms with E-state index < -0.39 is 0 Å². The molecular weight excluding hydrogens is 202 g/mol. The molecule has 4 heteroatoms. The number of methoxy groups -OCH3 is 1. The van der Waals surface area contributed by atoms with Gasteiger partial charge in [0.15, 0.2) is 0 Å². The van der Waals surface area contributed by atoms with Crippen molar-refractivity contribution >= 4 is 5.69 Å². The average Bonchev–Trinajstić information content (AvgIpc) is 2.28. The summed E-state index contributed by atoms with van der Waals surface area (Å²) >= 11 is 0. The molecule has 0 atom stereocenters. The molecule has 0 aliphatic rings. The Morgan fingerprint density at radius 2 is 2.00 bits per heavy atom. The second kappa shape index (κ2) is 4.18. The zero-order valence-electron chi connectivity index (χ0n) is 9.27. The van der Waals surface area contributed by atoms with Crippen molar-refractivity contribution < 1.29 is 4.74 Å². The molecule has 0 aliphatic carbocycles. The van der Waals surface area contributed by atoms with Crippen molar-refractivity contribution in [2.75, 3.05) is 12.8 Å². The van der Waals surface area contributed by atoms with Gasteiger partial charge < -0.3 is 10.5 Å². The molecule has 2 aromatic rings. The molecule has 0 amide bonds. The molecule has 1 aromatic heterocycles. The number of nitrogen functional groups attached to an aromatic ring is 1. The third-order valence-electron chi connectivity index (χ3n) is 2.31. The lowest BCUT2D eigenvalue weighted by Crippen LogP contribution is -1.94. The van der Waals surface area contributed by atoms with Gasteiger partial charge in [-0.05, 0) is 25.1 Å². The van der Waals surface area contributed by atoms with Gasteiger partial charge in [0, 0.05) is 23.0 Å². The minimum Gasteiger partial charge on any atom is -0.496 e. The molecule has 0 unspecified atom stereocenters. The Bertz CT molecular complexity index is 511. The maximum absolute atomic E-state index is 5.70. The molecule has 0 saturated carbocycles. The van der Waals surface area contributed by atoms with Crippen molar-refractivity contribution in [1.82, 2.24) is 9.97 Å². The van der Waals surface area contributed by atoms with E-state index in [2.05, 4.69) is 9.97 Å². The van der Waals surface area contributed by atoms with Crippen molar-refractivity contribution in [3.8, 4) is 17.0 Å². The van der Waals surface area contributed by atoms with Gasteiger partial charge in [-0.2, -0.15) is 0 Å². The van der Waals surface area contributed by atoms with Crippen LogP contribution in [0.15, 0.2) is 30.6 Å². The van der Waals surface area contributed by atoms with Crippen molar-refractivity contribution in [3.05, 3.63) is 36.3 Å². The van der Waals surface area contributed by atoms with Crippen LogP contribution in [0.1, 0.15) is 5.69 Å². The summed E-state index contributed by atoms with van der Waals surface area (Å²) in [4.78, 5) is 8.28. The first kappa shape index (κ1) is 10.4. The minimum atomic E-state index is 0.673. The molecule has 0 bridgehead atoms. The smallest absolute Gasteiger partial charge is 0.130 e. The average molecular weight is 215 g/mol. The number of rotatable bonds is 2. The largest absolute Gasteiger partial charge is 0.496 e. The standard InChI is InChI=1S/C12H13N3O/c1-8-5-11(15-7-14-8)10-4-3-9(13)6-12(10)16-2/h3-7H,13H2,1-2H3. The van der Waals surface area contributed by atoms with E-state index in [1.807, 2.05) is 25.1 Å². The topological polar surface area (TPSA) is 61.0 Å². The normalized spacial score (nSPS) is 10.1. The van der Waals surface area contributed by atoms with Crippen molar-refractivity contribution in [2.45, 2.75) is 6.92 Å². The van der Waals surface area contributed by atoms with Crippen LogP contribution in [0.5, 0.6) is 5.75 Å². The minimum absolute atomic E-state index is 0.673. The summed E-state index contributed by atoms with van der Waals surface area (Å²) in [7, 11) is 1.62. The van der Waals surface area contributed by atoms with E-state index in [1.165, 1.54) is 0 Å². The van der Waals surface area contributed by atoms with Crippen LogP contribution in [0.4, 0.5) is 5.69 Å². The molecule has 82 valence electrons. The van der Waals surface area contributed by atoms with Crippen LogP contribution in [0.25, 0.3) is 11.3 Å². The Hall–Kier alpha value is -2.10. The zero-order chi connectivity index (χ0) is 11.5. The van der Waals surface area contributed by atoms with Gasteiger partial charge in [-0.25, -0.2) is 9.97 Å². The molecule has 2 N–H and O–H groups in total. The molecule has 4 nitrogen and oxygen atoms in total. The predicted octanol–water partition coefficient (Wildman–Crippen LogP) is 2.04. The van der Waals surface area contributed by atoms with Crippen LogP contribution in [0.3, 0.4) is 0 Å². The maximum Gasteiger partial charge on any atom is 0.130 e. The number of hydrogen-bond donors (Lipinski definition) is 1. The molecule has 0 aliphatic heterocycles. The molecule has 1 heterocycles. The van der Waals surface area contributed by atoms with E-state index in [1.54, 1.807) is 19.5 Å². The van der Waals surface area contributed by atoms with Gasteiger partial charge in [-0.15, -0.1) is 0 Å². The first-order valence-electron chi connectivity index (χ1n) is 4.93. The highest BCUT2D eigenvalue weighted by atomic mass is 16.5. The van der Waals surface area contributed by atoms with Gasteiger partial charge in [0.25, 0.3) is 0 Å². The number of nitrogens with zero attached hydrogens (tertiary/aromatic N) is 2. The summed E-state index contributed by atoms with van der Waals surface area (Å²) in [6, 6.07) is 7.42. The van der Waals surface area contributed by atoms with E-state index in [0.29, 0.717) is 5.69 Å². The predicted molar refractivity (Wildman–Crippen MR) is 63.2 cm³/mol. The van der Waals surface area contributed by atoms with Gasteiger partial charge >= 0.3 is 0 Å². The van der Waals surface area contributed by atoms with Gasteiger partial charge in [0.2, 0.25) is 0 Å². The van der Waals surface area contributed by atoms with E-state index >= 15 is 0 Å². The fraction of sp³-hybridized carbons (Fsp3) is 0.167. The summed E-state index contributed by atoms with van der Waals surface area (Å²) < 4.78 is 5.28. The van der Waals surface area contributed by atoms with Gasteiger partial charge in [0.05, 0.1) is 12.8 Å². The number of ether oxygens (including phenoxy) is 1. The number of aryl methyl sites for hydroxylation is 1. The summed E-state index contributed by atoms with van der Waals surface area (Å²) in [6.45, 7) is 1.93. The molecule has 1 aromatic carbocycles. The number of aromatic nitrogens is 2. The van der Waals surface area contributed by atoms with Gasteiger partial charge in [-0.1, -0.05) is 0 Å². The number of nitrogens with two attached hydrogens (primary N) is 1. The highest BCUT2D eigenvalue weighted by Crippen LogP contribution is 2.30. The first-order valence-corrected chi connectivity index (χ1v) is 4.93. The zero-order valence-corrected chi connectivity index (χ0v) is 9.27. The van der Waals surface area contributed by atoms with Crippen LogP contribution in [-0.2, 0) is 0 Å². The molecule has 2 rings (SSSR count). The Morgan fingerprint density at radius 3 is 2.69 bits per heavy atom. The number of hydrogen-bond acceptors (Lipinski definition) is 4. The van der Waals surface area contributed by atoms with Crippen molar-refractivity contribution in [3.63, 3.8) is 0 Å². The second-order valence-electron chi connectivity index (χ2n) is 3.50. The summed E-state index contributed by atoms with van der Waals surface area (Å²) in [6.07, 6.45) is 1.54. The van der Waals surface area contributed by atoms with E-state index in [9.17, 15) is 0 Å². The number of benzene rings is 1. The van der Waals surface area contributed by atoms with E-state index in [-0.39, 0.29) is 0 Å². The van der Waals surface area contributed by atoms with Crippen molar-refractivity contribution in [1.29, 1.82) is 0 Å². The molecule has 0 fully saturated rings. The summed E-state index contributed by atoms with van der Waals surface area (Å²) in [5.41, 5.74) is 9.05. The molecule has 16 heavy (non-hydrogen) atoms. The quantitative estimate of drug-likeness (QED) is 0.779. The van der Waals surface area contributed by atoms with Gasteiger partial charge in [-0.3, -0.25) is 0 Å². The number of anilines is 1. The van der Waals surface area contributed by atoms with Crippen LogP contribution >= 0.6 is 0 Å². The molecule has 0 spiro atoms. The Kier molecular flexibility index (Phi) is 2.72. The van der Waals surface area contributed by atoms with Crippen LogP contribution < -0.4 is 10.5 Å². The van der Waals surface area contributed by atoms with Crippen molar-refractivity contribution in [2.24, 2.45) is 0 Å². The molecule has 0 saturated heterocycles. The van der Waals surface area contributed by atoms with Crippen LogP contribution in [0.2, 0.25) is 0 Å². The SMILES string of the molecule is COc1cc(N)ccc1-c1cc(C)ncn1. The van der Waals surface area contributed by atoms with E-state index in [4.69, 9.17) is 10.5 Å². The Labute approximate surface area is 94.1 Å². The summed E-state index contributed by atoms with van der Waals surface area (Å²) in [5.74, 6) is 0.720. The highest BCUT2D eigenvalue weighted by Gasteiger charge is 2.07. The highest BCUT2D eigenvalue weighted by molar-refractivity contribution is 5.70. The van der Waals surface area contributed by atoms with E-state index in [0.717, 1.165) is 22.7 Å². The molecule has 0 radical (unpaired) electrons. The fourth-order valence-corrected chi connectivity index (χ4v) is 1.52. The second-order valence-corrected chi connectivity index (χ2v) is 3.50. The lowest BCUT2D eigenvalue weighted by atomic mass is 10.1. The lowest BCUT2D eigenvalue weighted by Gasteiger charge is -2.08. The lowest BCUT2D eigenvalue weighted by molar-refractivity contribution is 0.416. The van der Waals surface area contributed by atoms with Crippen LogP contribution in [-0.4, -0.2) is 17.1 Å². The fourth-order valence-electron chi connectivity index (χ4n) is 1.52.